The third kappa shape index (κ3) is 29.2. The number of halogens is 1. The van der Waals surface area contributed by atoms with Gasteiger partial charge in [-0.25, -0.2) is 9.59 Å². The first-order valence-electron chi connectivity index (χ1n) is 23.8. The van der Waals surface area contributed by atoms with Crippen LogP contribution >= 0.6 is 22.6 Å². The summed E-state index contributed by atoms with van der Waals surface area (Å²) in [7, 11) is 0. The largest absolute Gasteiger partial charge is 0.460 e. The molecule has 0 fully saturated rings. The van der Waals surface area contributed by atoms with E-state index in [4.69, 9.17) is 33.2 Å². The van der Waals surface area contributed by atoms with Gasteiger partial charge >= 0.3 is 18.0 Å². The van der Waals surface area contributed by atoms with Crippen molar-refractivity contribution in [1.29, 1.82) is 0 Å². The van der Waals surface area contributed by atoms with Gasteiger partial charge in [0.2, 0.25) is 11.8 Å². The van der Waals surface area contributed by atoms with Crippen molar-refractivity contribution in [3.63, 3.8) is 0 Å². The summed E-state index contributed by atoms with van der Waals surface area (Å²) in [6.45, 7) is 19.3. The lowest BCUT2D eigenvalue weighted by Gasteiger charge is -2.26. The molecule has 4 N–H and O–H groups in total. The highest BCUT2D eigenvalue weighted by atomic mass is 127. The Morgan fingerprint density at radius 2 is 0.972 bits per heavy atom. The van der Waals surface area contributed by atoms with Gasteiger partial charge in [0.25, 0.3) is 5.91 Å². The molecule has 2 aromatic rings. The second-order valence-corrected chi connectivity index (χ2v) is 20.8. The number of esters is 2. The Balaban J connectivity index is 1.79. The summed E-state index contributed by atoms with van der Waals surface area (Å²) in [5, 5.41) is 10.6. The highest BCUT2D eigenvalue weighted by Gasteiger charge is 2.31. The minimum Gasteiger partial charge on any atom is -0.460 e. The Hall–Kier alpha value is -5.03. The van der Waals surface area contributed by atoms with E-state index in [2.05, 4.69) is 43.9 Å². The van der Waals surface area contributed by atoms with E-state index in [-0.39, 0.29) is 120 Å². The average molecular weight is 1110 g/mol. The fourth-order valence-electron chi connectivity index (χ4n) is 6.06. The van der Waals surface area contributed by atoms with E-state index >= 15 is 0 Å². The molecule has 0 aliphatic heterocycles. The number of ether oxygens (including phenoxy) is 7. The number of Topliss-reactive ketones (excluding diaryl/α,β-unsaturated/α-hetero) is 2. The molecule has 0 saturated carbocycles. The van der Waals surface area contributed by atoms with Gasteiger partial charge in [-0.2, -0.15) is 0 Å². The molecule has 0 unspecified atom stereocenters. The van der Waals surface area contributed by atoms with Gasteiger partial charge in [-0.1, -0.05) is 6.92 Å². The van der Waals surface area contributed by atoms with Crippen molar-refractivity contribution in [3.8, 4) is 0 Å². The molecule has 71 heavy (non-hydrogen) atoms. The first kappa shape index (κ1) is 62.1. The van der Waals surface area contributed by atoms with Crippen LogP contribution in [0.2, 0.25) is 0 Å². The number of carbonyl (C=O) groups is 8. The zero-order valence-corrected chi connectivity index (χ0v) is 45.2. The first-order valence-corrected chi connectivity index (χ1v) is 24.9. The number of benzene rings is 2. The van der Waals surface area contributed by atoms with Crippen LogP contribution in [0.3, 0.4) is 0 Å². The fourth-order valence-corrected chi connectivity index (χ4v) is 6.42. The Labute approximate surface area is 431 Å². The molecule has 4 amide bonds. The maximum atomic E-state index is 13.4. The zero-order chi connectivity index (χ0) is 53.2. The van der Waals surface area contributed by atoms with Crippen LogP contribution in [-0.2, 0) is 52.3 Å². The normalized spacial score (nSPS) is 12.5. The fraction of sp³-hybridized carbons (Fsp3) is 0.608. The van der Waals surface area contributed by atoms with Crippen molar-refractivity contribution in [2.75, 3.05) is 71.3 Å². The highest BCUT2D eigenvalue weighted by molar-refractivity contribution is 14.1. The Bertz CT molecular complexity index is 2060. The number of hydrogen-bond donors (Lipinski definition) is 4. The molecule has 0 bridgehead atoms. The zero-order valence-electron chi connectivity index (χ0n) is 43.0. The van der Waals surface area contributed by atoms with E-state index in [9.17, 15) is 38.4 Å². The maximum Gasteiger partial charge on any atom is 0.408 e. The standard InChI is InChI=1S/C51H75IN4O15/c1-34(46(62)69-49(2,3)4)29-43(59)53-19-23-67-27-25-65-21-11-13-41(57)36-30-37(32-39(31-36)55-45(61)35-15-17-38(52)18-16-35)42(58)14-12-22-66-26-28-68-24-20-54-44(60)33-40(47(63)70-50(5,6)7)56-48(64)71-51(8,9)10/h15-18,30-32,34,40H,11-14,19-29,33H2,1-10H3,(H,53,59)(H,54,60)(H,55,61)(H,56,64)/t34-,40-/m0/s1. The van der Waals surface area contributed by atoms with Gasteiger partial charge in [0.05, 0.1) is 52.0 Å². The molecule has 0 saturated heterocycles. The van der Waals surface area contributed by atoms with E-state index in [1.807, 2.05) is 0 Å². The predicted octanol–water partition coefficient (Wildman–Crippen LogP) is 6.76. The maximum absolute atomic E-state index is 13.4. The van der Waals surface area contributed by atoms with Crippen molar-refractivity contribution >= 4 is 75.6 Å². The summed E-state index contributed by atoms with van der Waals surface area (Å²) >= 11 is 2.14. The highest BCUT2D eigenvalue weighted by Crippen LogP contribution is 2.21. The summed E-state index contributed by atoms with van der Waals surface area (Å²) < 4.78 is 39.2. The Morgan fingerprint density at radius 1 is 0.535 bits per heavy atom. The third-order valence-electron chi connectivity index (χ3n) is 9.28. The number of alkyl carbamates (subject to hydrolysis) is 1. The number of amides is 4. The van der Waals surface area contributed by atoms with Crippen molar-refractivity contribution in [2.45, 2.75) is 131 Å². The van der Waals surface area contributed by atoms with Crippen molar-refractivity contribution < 1.29 is 71.5 Å². The second-order valence-electron chi connectivity index (χ2n) is 19.5. The van der Waals surface area contributed by atoms with Crippen LogP contribution in [0.15, 0.2) is 42.5 Å². The smallest absolute Gasteiger partial charge is 0.408 e. The molecule has 0 aliphatic rings. The molecule has 0 heterocycles. The lowest BCUT2D eigenvalue weighted by Crippen LogP contribution is -2.48. The molecule has 20 heteroatoms. The van der Waals surface area contributed by atoms with E-state index in [1.54, 1.807) is 106 Å². The van der Waals surface area contributed by atoms with Gasteiger partial charge in [-0.05, 0) is 140 Å². The number of nitrogens with one attached hydrogen (secondary N) is 4. The van der Waals surface area contributed by atoms with E-state index in [0.29, 0.717) is 24.1 Å². The molecular formula is C51H75IN4O15. The number of anilines is 1. The quantitative estimate of drug-likeness (QED) is 0.0200. The van der Waals surface area contributed by atoms with Crippen LogP contribution in [0.4, 0.5) is 10.5 Å². The van der Waals surface area contributed by atoms with Crippen molar-refractivity contribution in [1.82, 2.24) is 16.0 Å². The molecule has 19 nitrogen and oxygen atoms in total. The summed E-state index contributed by atoms with van der Waals surface area (Å²) in [4.78, 5) is 102. The van der Waals surface area contributed by atoms with Crippen LogP contribution < -0.4 is 21.3 Å². The lowest BCUT2D eigenvalue weighted by molar-refractivity contribution is -0.160. The minimum absolute atomic E-state index is 0.00855. The molecule has 0 spiro atoms. The second kappa shape index (κ2) is 31.4. The van der Waals surface area contributed by atoms with Crippen molar-refractivity contribution in [3.05, 3.63) is 62.7 Å². The van der Waals surface area contributed by atoms with Gasteiger partial charge in [-0.15, -0.1) is 0 Å². The molecule has 0 radical (unpaired) electrons. The number of rotatable bonds is 31. The summed E-state index contributed by atoms with van der Waals surface area (Å²) in [6, 6.07) is 10.3. The number of carbonyl (C=O) groups excluding carboxylic acids is 8. The van der Waals surface area contributed by atoms with Crippen LogP contribution in [0.1, 0.15) is 139 Å². The minimum atomic E-state index is -1.27. The average Bonchev–Trinajstić information content (AvgIpc) is 3.25. The van der Waals surface area contributed by atoms with Crippen LogP contribution in [0, 0.1) is 9.49 Å². The van der Waals surface area contributed by atoms with Crippen LogP contribution in [0.25, 0.3) is 0 Å². The van der Waals surface area contributed by atoms with Gasteiger partial charge in [0.15, 0.2) is 11.6 Å². The predicted molar refractivity (Wildman–Crippen MR) is 273 cm³/mol. The Kier molecular flexibility index (Phi) is 27.5. The van der Waals surface area contributed by atoms with Gasteiger partial charge in [-0.3, -0.25) is 28.8 Å². The molecule has 0 aliphatic carbocycles. The first-order chi connectivity index (χ1) is 33.2. The van der Waals surface area contributed by atoms with Gasteiger partial charge in [0, 0.05) is 71.5 Å². The molecule has 0 aromatic heterocycles. The lowest BCUT2D eigenvalue weighted by atomic mass is 9.99. The summed E-state index contributed by atoms with van der Waals surface area (Å²) in [5.74, 6) is -3.44. The monoisotopic (exact) mass is 1110 g/mol. The summed E-state index contributed by atoms with van der Waals surface area (Å²) in [5.41, 5.74) is -1.04. The van der Waals surface area contributed by atoms with Gasteiger partial charge < -0.3 is 54.4 Å². The molecule has 2 atom stereocenters. The Morgan fingerprint density at radius 3 is 1.44 bits per heavy atom. The van der Waals surface area contributed by atoms with E-state index in [1.165, 1.54) is 6.07 Å². The van der Waals surface area contributed by atoms with Crippen molar-refractivity contribution in [2.24, 2.45) is 5.92 Å². The van der Waals surface area contributed by atoms with E-state index < -0.39 is 58.6 Å². The van der Waals surface area contributed by atoms with E-state index in [0.717, 1.165) is 3.57 Å². The topological polar surface area (TPSA) is 249 Å². The van der Waals surface area contributed by atoms with Gasteiger partial charge in [0.1, 0.15) is 22.8 Å². The number of ketones is 2. The number of hydrogen-bond acceptors (Lipinski definition) is 15. The molecule has 396 valence electrons. The molecule has 2 aromatic carbocycles. The molecular weight excluding hydrogens is 1040 g/mol. The van der Waals surface area contributed by atoms with Crippen LogP contribution in [0.5, 0.6) is 0 Å². The third-order valence-corrected chi connectivity index (χ3v) is 10.00. The van der Waals surface area contributed by atoms with Crippen LogP contribution in [-0.4, -0.2) is 136 Å². The SMILES string of the molecule is C[C@@H](CC(=O)NCCOCCOCCCC(=O)c1cc(NC(=O)c2ccc(I)cc2)cc(C(=O)CCCOCCOCCNC(=O)C[C@H](NC(=O)OC(C)(C)C)C(=O)OC(C)(C)C)c1)C(=O)OC(C)(C)C. The summed E-state index contributed by atoms with van der Waals surface area (Å²) in [6.07, 6.45) is -0.217. The molecule has 2 rings (SSSR count).